The van der Waals surface area contributed by atoms with Crippen LogP contribution in [-0.4, -0.2) is 4.98 Å². The standard InChI is InChI=1S/C10H11N/c1-3-9(4-2)10-5-7-11-8-6-10/h3-8H,1H2,2H3/b9-4+. The van der Waals surface area contributed by atoms with Crippen molar-refractivity contribution in [2.24, 2.45) is 0 Å². The molecule has 1 aromatic rings. The predicted molar refractivity (Wildman–Crippen MR) is 48.1 cm³/mol. The van der Waals surface area contributed by atoms with E-state index in [4.69, 9.17) is 0 Å². The highest BCUT2D eigenvalue weighted by Gasteiger charge is 1.92. The van der Waals surface area contributed by atoms with E-state index in [-0.39, 0.29) is 0 Å². The van der Waals surface area contributed by atoms with Gasteiger partial charge in [-0.05, 0) is 30.2 Å². The van der Waals surface area contributed by atoms with Gasteiger partial charge in [-0.25, -0.2) is 0 Å². The van der Waals surface area contributed by atoms with Crippen molar-refractivity contribution in [2.45, 2.75) is 6.92 Å². The molecule has 1 heterocycles. The number of hydrogen-bond acceptors (Lipinski definition) is 1. The second-order valence-electron chi connectivity index (χ2n) is 2.18. The molecule has 0 aliphatic rings. The summed E-state index contributed by atoms with van der Waals surface area (Å²) in [6.45, 7) is 5.72. The van der Waals surface area contributed by atoms with Crippen LogP contribution < -0.4 is 0 Å². The molecule has 0 fully saturated rings. The molecule has 56 valence electrons. The van der Waals surface area contributed by atoms with Crippen LogP contribution in [0.5, 0.6) is 0 Å². The topological polar surface area (TPSA) is 12.9 Å². The molecule has 0 aliphatic carbocycles. The lowest BCUT2D eigenvalue weighted by atomic mass is 10.1. The fourth-order valence-electron chi connectivity index (χ4n) is 0.947. The van der Waals surface area contributed by atoms with Gasteiger partial charge < -0.3 is 0 Å². The average molecular weight is 145 g/mol. The summed E-state index contributed by atoms with van der Waals surface area (Å²) < 4.78 is 0. The van der Waals surface area contributed by atoms with Crippen LogP contribution in [0.25, 0.3) is 5.57 Å². The molecule has 0 N–H and O–H groups in total. The van der Waals surface area contributed by atoms with Gasteiger partial charge in [0.25, 0.3) is 0 Å². The predicted octanol–water partition coefficient (Wildman–Crippen LogP) is 2.67. The highest BCUT2D eigenvalue weighted by atomic mass is 14.6. The first-order chi connectivity index (χ1) is 5.38. The van der Waals surface area contributed by atoms with Crippen molar-refractivity contribution in [1.82, 2.24) is 4.98 Å². The number of rotatable bonds is 2. The lowest BCUT2D eigenvalue weighted by Gasteiger charge is -1.98. The molecule has 0 aliphatic heterocycles. The van der Waals surface area contributed by atoms with E-state index in [2.05, 4.69) is 11.6 Å². The van der Waals surface area contributed by atoms with E-state index in [0.717, 1.165) is 11.1 Å². The summed E-state index contributed by atoms with van der Waals surface area (Å²) in [7, 11) is 0. The highest BCUT2D eigenvalue weighted by molar-refractivity contribution is 5.72. The van der Waals surface area contributed by atoms with Gasteiger partial charge in [-0.15, -0.1) is 0 Å². The Morgan fingerprint density at radius 1 is 1.45 bits per heavy atom. The van der Waals surface area contributed by atoms with Crippen LogP contribution in [-0.2, 0) is 0 Å². The Morgan fingerprint density at radius 3 is 2.55 bits per heavy atom. The molecule has 0 saturated carbocycles. The summed E-state index contributed by atoms with van der Waals surface area (Å²) >= 11 is 0. The Morgan fingerprint density at radius 2 is 2.09 bits per heavy atom. The Kier molecular flexibility index (Phi) is 2.61. The van der Waals surface area contributed by atoms with Crippen molar-refractivity contribution in [3.05, 3.63) is 48.8 Å². The summed E-state index contributed by atoms with van der Waals surface area (Å²) in [4.78, 5) is 3.93. The van der Waals surface area contributed by atoms with E-state index in [1.165, 1.54) is 0 Å². The lowest BCUT2D eigenvalue weighted by molar-refractivity contribution is 1.32. The number of nitrogens with zero attached hydrogens (tertiary/aromatic N) is 1. The molecule has 1 rings (SSSR count). The number of hydrogen-bond donors (Lipinski definition) is 0. The second kappa shape index (κ2) is 3.71. The molecule has 0 unspecified atom stereocenters. The minimum atomic E-state index is 1.15. The van der Waals surface area contributed by atoms with Crippen LogP contribution in [0.15, 0.2) is 43.3 Å². The third kappa shape index (κ3) is 1.77. The zero-order chi connectivity index (χ0) is 8.10. The lowest BCUT2D eigenvalue weighted by Crippen LogP contribution is -1.79. The van der Waals surface area contributed by atoms with Gasteiger partial charge in [0.05, 0.1) is 0 Å². The van der Waals surface area contributed by atoms with Crippen molar-refractivity contribution in [2.75, 3.05) is 0 Å². The quantitative estimate of drug-likeness (QED) is 0.583. The first kappa shape index (κ1) is 7.73. The third-order valence-electron chi connectivity index (χ3n) is 1.54. The summed E-state index contributed by atoms with van der Waals surface area (Å²) in [6, 6.07) is 3.94. The Balaban J connectivity index is 3.01. The van der Waals surface area contributed by atoms with Gasteiger partial charge in [0.15, 0.2) is 0 Å². The molecule has 0 amide bonds. The molecule has 0 aromatic carbocycles. The molecule has 11 heavy (non-hydrogen) atoms. The van der Waals surface area contributed by atoms with Crippen LogP contribution in [0.1, 0.15) is 12.5 Å². The van der Waals surface area contributed by atoms with Crippen molar-refractivity contribution in [3.63, 3.8) is 0 Å². The summed E-state index contributed by atoms with van der Waals surface area (Å²) in [5, 5.41) is 0. The second-order valence-corrected chi connectivity index (χ2v) is 2.18. The fourth-order valence-corrected chi connectivity index (χ4v) is 0.947. The van der Waals surface area contributed by atoms with Gasteiger partial charge >= 0.3 is 0 Å². The maximum atomic E-state index is 3.93. The monoisotopic (exact) mass is 145 g/mol. The molecule has 1 aromatic heterocycles. The van der Waals surface area contributed by atoms with Gasteiger partial charge in [0.1, 0.15) is 0 Å². The number of pyridine rings is 1. The van der Waals surface area contributed by atoms with Gasteiger partial charge in [-0.1, -0.05) is 18.7 Å². The molecule has 1 nitrogen and oxygen atoms in total. The van der Waals surface area contributed by atoms with Gasteiger partial charge in [0.2, 0.25) is 0 Å². The molecule has 1 heteroatoms. The van der Waals surface area contributed by atoms with Gasteiger partial charge in [-0.3, -0.25) is 4.98 Å². The van der Waals surface area contributed by atoms with Crippen LogP contribution in [0.3, 0.4) is 0 Å². The summed E-state index contributed by atoms with van der Waals surface area (Å²) in [5.41, 5.74) is 2.31. The summed E-state index contributed by atoms with van der Waals surface area (Å²) in [6.07, 6.45) is 7.43. The van der Waals surface area contributed by atoms with Crippen LogP contribution >= 0.6 is 0 Å². The highest BCUT2D eigenvalue weighted by Crippen LogP contribution is 2.12. The van der Waals surface area contributed by atoms with Crippen molar-refractivity contribution in [3.8, 4) is 0 Å². The van der Waals surface area contributed by atoms with Crippen LogP contribution in [0.2, 0.25) is 0 Å². The van der Waals surface area contributed by atoms with E-state index in [1.807, 2.05) is 31.2 Å². The largest absolute Gasteiger partial charge is 0.265 e. The Hall–Kier alpha value is -1.37. The van der Waals surface area contributed by atoms with E-state index < -0.39 is 0 Å². The summed E-state index contributed by atoms with van der Waals surface area (Å²) in [5.74, 6) is 0. The van der Waals surface area contributed by atoms with E-state index >= 15 is 0 Å². The first-order valence-electron chi connectivity index (χ1n) is 3.57. The SMILES string of the molecule is C=C/C(=C\C)c1ccncc1. The number of aromatic nitrogens is 1. The minimum absolute atomic E-state index is 1.15. The van der Waals surface area contributed by atoms with Crippen molar-refractivity contribution in [1.29, 1.82) is 0 Å². The van der Waals surface area contributed by atoms with E-state index in [0.29, 0.717) is 0 Å². The smallest absolute Gasteiger partial charge is 0.0273 e. The van der Waals surface area contributed by atoms with Crippen molar-refractivity contribution >= 4 is 5.57 Å². The molecular formula is C10H11N. The van der Waals surface area contributed by atoms with Crippen LogP contribution in [0, 0.1) is 0 Å². The fraction of sp³-hybridized carbons (Fsp3) is 0.100. The van der Waals surface area contributed by atoms with Crippen LogP contribution in [0.4, 0.5) is 0 Å². The number of allylic oxidation sites excluding steroid dienone is 3. The minimum Gasteiger partial charge on any atom is -0.265 e. The molecular weight excluding hydrogens is 134 g/mol. The Bertz CT molecular complexity index is 259. The molecule has 0 atom stereocenters. The van der Waals surface area contributed by atoms with E-state index in [9.17, 15) is 0 Å². The van der Waals surface area contributed by atoms with Crippen molar-refractivity contribution < 1.29 is 0 Å². The Labute approximate surface area is 67.1 Å². The van der Waals surface area contributed by atoms with Gasteiger partial charge in [0, 0.05) is 12.4 Å². The molecule has 0 radical (unpaired) electrons. The third-order valence-corrected chi connectivity index (χ3v) is 1.54. The zero-order valence-electron chi connectivity index (χ0n) is 6.62. The zero-order valence-corrected chi connectivity index (χ0v) is 6.62. The maximum Gasteiger partial charge on any atom is 0.0273 e. The first-order valence-corrected chi connectivity index (χ1v) is 3.57. The molecule has 0 spiro atoms. The maximum absolute atomic E-state index is 3.93. The molecule has 0 saturated heterocycles. The van der Waals surface area contributed by atoms with E-state index in [1.54, 1.807) is 12.4 Å². The normalized spacial score (nSPS) is 11.2. The molecule has 0 bridgehead atoms. The van der Waals surface area contributed by atoms with Gasteiger partial charge in [-0.2, -0.15) is 0 Å². The average Bonchev–Trinajstić information content (AvgIpc) is 2.09.